The van der Waals surface area contributed by atoms with Gasteiger partial charge >= 0.3 is 0 Å². The van der Waals surface area contributed by atoms with Crippen molar-refractivity contribution < 1.29 is 14.3 Å². The molecule has 0 atom stereocenters. The summed E-state index contributed by atoms with van der Waals surface area (Å²) in [5.74, 6) is 2.01. The number of methoxy groups -OCH3 is 2. The van der Waals surface area contributed by atoms with Crippen molar-refractivity contribution in [1.82, 2.24) is 9.80 Å². The lowest BCUT2D eigenvalue weighted by Crippen LogP contribution is -2.36. The number of likely N-dealkylation sites (tertiary alicyclic amines) is 1. The first-order chi connectivity index (χ1) is 12.0. The molecule has 1 fully saturated rings. The number of halogens is 1. The fourth-order valence-corrected chi connectivity index (χ4v) is 4.06. The van der Waals surface area contributed by atoms with Crippen molar-refractivity contribution in [2.24, 2.45) is 11.3 Å². The molecule has 1 aliphatic heterocycles. The van der Waals surface area contributed by atoms with Gasteiger partial charge in [-0.15, -0.1) is 0 Å². The molecule has 5 nitrogen and oxygen atoms in total. The van der Waals surface area contributed by atoms with E-state index >= 15 is 0 Å². The van der Waals surface area contributed by atoms with E-state index in [9.17, 15) is 4.79 Å². The maximum absolute atomic E-state index is 13.1. The van der Waals surface area contributed by atoms with Crippen LogP contribution in [0.25, 0.3) is 0 Å². The maximum atomic E-state index is 13.1. The van der Waals surface area contributed by atoms with E-state index in [1.165, 1.54) is 0 Å². The topological polar surface area (TPSA) is 42.0 Å². The van der Waals surface area contributed by atoms with E-state index < -0.39 is 5.41 Å². The van der Waals surface area contributed by atoms with Crippen molar-refractivity contribution >= 4 is 21.8 Å². The van der Waals surface area contributed by atoms with Crippen LogP contribution in [-0.4, -0.2) is 69.0 Å². The highest BCUT2D eigenvalue weighted by Crippen LogP contribution is 2.44. The van der Waals surface area contributed by atoms with Gasteiger partial charge in [0.15, 0.2) is 0 Å². The van der Waals surface area contributed by atoms with E-state index in [4.69, 9.17) is 9.47 Å². The van der Waals surface area contributed by atoms with Crippen molar-refractivity contribution in [3.05, 3.63) is 23.7 Å². The van der Waals surface area contributed by atoms with Gasteiger partial charge in [0.05, 0.1) is 25.6 Å². The van der Waals surface area contributed by atoms with Crippen LogP contribution >= 0.6 is 15.9 Å². The molecular formula is C19H31BrN2O3. The number of rotatable bonds is 9. The molecule has 1 amide bonds. The van der Waals surface area contributed by atoms with Gasteiger partial charge in [0, 0.05) is 18.4 Å². The lowest BCUT2D eigenvalue weighted by atomic mass is 9.77. The Morgan fingerprint density at radius 1 is 1.24 bits per heavy atom. The van der Waals surface area contributed by atoms with Crippen molar-refractivity contribution in [2.45, 2.75) is 25.7 Å². The van der Waals surface area contributed by atoms with Gasteiger partial charge in [-0.1, -0.05) is 15.9 Å². The Bertz CT molecular complexity index is 509. The Labute approximate surface area is 160 Å². The van der Waals surface area contributed by atoms with Crippen LogP contribution in [0, 0.1) is 11.3 Å². The number of carbonyl (C=O) groups is 1. The molecule has 0 saturated carbocycles. The van der Waals surface area contributed by atoms with Crippen LogP contribution in [0.5, 0.6) is 0 Å². The van der Waals surface area contributed by atoms with Gasteiger partial charge in [0.1, 0.15) is 11.5 Å². The molecule has 0 N–H and O–H groups in total. The van der Waals surface area contributed by atoms with E-state index in [0.717, 1.165) is 62.2 Å². The van der Waals surface area contributed by atoms with E-state index in [1.807, 2.05) is 17.1 Å². The molecule has 0 bridgehead atoms. The third kappa shape index (κ3) is 4.59. The van der Waals surface area contributed by atoms with Crippen LogP contribution in [0.3, 0.4) is 0 Å². The standard InChI is InChI=1S/C19H31BrN2O3/c1-21(2)10-6-11-22-12-8-19(18(22)23)13-16(24-3)15(7-5-9-20)17(14-19)25-4/h13-15H,5-12H2,1-4H3. The molecule has 1 aliphatic carbocycles. The summed E-state index contributed by atoms with van der Waals surface area (Å²) in [5.41, 5.74) is -0.598. The zero-order valence-corrected chi connectivity index (χ0v) is 17.5. The summed E-state index contributed by atoms with van der Waals surface area (Å²) in [6.45, 7) is 2.58. The van der Waals surface area contributed by atoms with Gasteiger partial charge in [-0.2, -0.15) is 0 Å². The summed E-state index contributed by atoms with van der Waals surface area (Å²) in [4.78, 5) is 17.2. The smallest absolute Gasteiger partial charge is 0.236 e. The largest absolute Gasteiger partial charge is 0.501 e. The summed E-state index contributed by atoms with van der Waals surface area (Å²) < 4.78 is 11.3. The van der Waals surface area contributed by atoms with E-state index in [0.29, 0.717) is 0 Å². The van der Waals surface area contributed by atoms with Crippen molar-refractivity contribution in [3.8, 4) is 0 Å². The Hall–Kier alpha value is -1.01. The zero-order chi connectivity index (χ0) is 18.4. The van der Waals surface area contributed by atoms with Crippen molar-refractivity contribution in [1.29, 1.82) is 0 Å². The summed E-state index contributed by atoms with van der Waals surface area (Å²) in [7, 11) is 7.49. The predicted molar refractivity (Wildman–Crippen MR) is 104 cm³/mol. The molecule has 1 heterocycles. The second-order valence-corrected chi connectivity index (χ2v) is 7.92. The number of alkyl halides is 1. The number of hydrogen-bond donors (Lipinski definition) is 0. The second-order valence-electron chi connectivity index (χ2n) is 7.12. The second kappa shape index (κ2) is 9.08. The van der Waals surface area contributed by atoms with Gasteiger partial charge < -0.3 is 19.3 Å². The predicted octanol–water partition coefficient (Wildman–Crippen LogP) is 3.02. The average Bonchev–Trinajstić information content (AvgIpc) is 2.89. The summed E-state index contributed by atoms with van der Waals surface area (Å²) in [5, 5.41) is 0.946. The molecule has 142 valence electrons. The van der Waals surface area contributed by atoms with Gasteiger partial charge in [0.2, 0.25) is 5.91 Å². The zero-order valence-electron chi connectivity index (χ0n) is 15.9. The minimum Gasteiger partial charge on any atom is -0.501 e. The normalized spacial score (nSPS) is 26.2. The molecule has 0 aromatic heterocycles. The third-order valence-electron chi connectivity index (χ3n) is 5.10. The van der Waals surface area contributed by atoms with Gasteiger partial charge in [-0.3, -0.25) is 4.79 Å². The molecule has 0 radical (unpaired) electrons. The van der Waals surface area contributed by atoms with Crippen molar-refractivity contribution in [2.75, 3.05) is 53.3 Å². The van der Waals surface area contributed by atoms with Crippen LogP contribution in [0.1, 0.15) is 25.7 Å². The average molecular weight is 415 g/mol. The quantitative estimate of drug-likeness (QED) is 0.543. The van der Waals surface area contributed by atoms with Crippen molar-refractivity contribution in [3.63, 3.8) is 0 Å². The van der Waals surface area contributed by atoms with Crippen LogP contribution < -0.4 is 0 Å². The van der Waals surface area contributed by atoms with Crippen LogP contribution in [0.15, 0.2) is 23.7 Å². The molecule has 1 spiro atoms. The third-order valence-corrected chi connectivity index (χ3v) is 5.66. The molecule has 25 heavy (non-hydrogen) atoms. The fraction of sp³-hybridized carbons (Fsp3) is 0.737. The summed E-state index contributed by atoms with van der Waals surface area (Å²) in [6.07, 6.45) is 7.85. The first kappa shape index (κ1) is 20.3. The highest BCUT2D eigenvalue weighted by molar-refractivity contribution is 9.09. The number of carbonyl (C=O) groups excluding carboxylic acids is 1. The molecule has 1 saturated heterocycles. The minimum atomic E-state index is -0.598. The Kier molecular flexibility index (Phi) is 7.37. The highest BCUT2D eigenvalue weighted by Gasteiger charge is 2.47. The molecule has 0 aromatic rings. The molecule has 0 unspecified atom stereocenters. The van der Waals surface area contributed by atoms with Crippen LogP contribution in [0.4, 0.5) is 0 Å². The fourth-order valence-electron chi connectivity index (χ4n) is 3.74. The highest BCUT2D eigenvalue weighted by atomic mass is 79.9. The SMILES string of the molecule is COC1=CC2(C=C(OC)C1CCCBr)CCN(CCCN(C)C)C2=O. The van der Waals surface area contributed by atoms with Crippen LogP contribution in [0.2, 0.25) is 0 Å². The van der Waals surface area contributed by atoms with E-state index in [2.05, 4.69) is 34.9 Å². The lowest BCUT2D eigenvalue weighted by Gasteiger charge is -2.32. The van der Waals surface area contributed by atoms with Crippen LogP contribution in [-0.2, 0) is 14.3 Å². The number of amides is 1. The Balaban J connectivity index is 2.17. The number of hydrogen-bond acceptors (Lipinski definition) is 4. The Morgan fingerprint density at radius 2 is 1.88 bits per heavy atom. The van der Waals surface area contributed by atoms with E-state index in [1.54, 1.807) is 14.2 Å². The molecule has 2 aliphatic rings. The Morgan fingerprint density at radius 3 is 2.40 bits per heavy atom. The molecular weight excluding hydrogens is 384 g/mol. The summed E-state index contributed by atoms with van der Waals surface area (Å²) >= 11 is 3.49. The van der Waals surface area contributed by atoms with Gasteiger partial charge in [-0.05, 0) is 58.5 Å². The first-order valence-corrected chi connectivity index (χ1v) is 10.1. The van der Waals surface area contributed by atoms with Gasteiger partial charge in [-0.25, -0.2) is 0 Å². The number of nitrogens with zero attached hydrogens (tertiary/aromatic N) is 2. The van der Waals surface area contributed by atoms with E-state index in [-0.39, 0.29) is 11.8 Å². The first-order valence-electron chi connectivity index (χ1n) is 9.01. The lowest BCUT2D eigenvalue weighted by molar-refractivity contribution is -0.132. The molecule has 2 rings (SSSR count). The maximum Gasteiger partial charge on any atom is 0.236 e. The minimum absolute atomic E-state index is 0.105. The van der Waals surface area contributed by atoms with Gasteiger partial charge in [0.25, 0.3) is 0 Å². The molecule has 6 heteroatoms. The number of ether oxygens (including phenoxy) is 2. The summed E-state index contributed by atoms with van der Waals surface area (Å²) in [6, 6.07) is 0. The monoisotopic (exact) mass is 414 g/mol. The molecule has 0 aromatic carbocycles.